The van der Waals surface area contributed by atoms with Crippen LogP contribution in [0.5, 0.6) is 5.75 Å². The summed E-state index contributed by atoms with van der Waals surface area (Å²) in [5.41, 5.74) is 3.04. The minimum atomic E-state index is -0.613. The number of hydrogen-bond donors (Lipinski definition) is 3. The van der Waals surface area contributed by atoms with E-state index in [0.717, 1.165) is 17.3 Å². The quantitative estimate of drug-likeness (QED) is 0.461. The van der Waals surface area contributed by atoms with Crippen LogP contribution in [0.1, 0.15) is 5.56 Å². The van der Waals surface area contributed by atoms with Crippen molar-refractivity contribution < 1.29 is 13.9 Å². The molecule has 2 heterocycles. The summed E-state index contributed by atoms with van der Waals surface area (Å²) in [6, 6.07) is 12.0. The van der Waals surface area contributed by atoms with Gasteiger partial charge in [0.1, 0.15) is 12.0 Å². The predicted octanol–water partition coefficient (Wildman–Crippen LogP) is 4.77. The van der Waals surface area contributed by atoms with Gasteiger partial charge in [0, 0.05) is 23.0 Å². The van der Waals surface area contributed by atoms with Crippen molar-refractivity contribution in [2.24, 2.45) is 0 Å². The summed E-state index contributed by atoms with van der Waals surface area (Å²) in [4.78, 5) is 12.3. The predicted molar refractivity (Wildman–Crippen MR) is 103 cm³/mol. The van der Waals surface area contributed by atoms with Crippen molar-refractivity contribution in [3.8, 4) is 17.2 Å². The van der Waals surface area contributed by atoms with Gasteiger partial charge in [-0.05, 0) is 36.8 Å². The molecule has 0 bridgehead atoms. The van der Waals surface area contributed by atoms with Gasteiger partial charge in [0.25, 0.3) is 0 Å². The first-order valence-corrected chi connectivity index (χ1v) is 8.44. The van der Waals surface area contributed by atoms with Crippen LogP contribution in [-0.4, -0.2) is 20.1 Å². The number of rotatable bonds is 5. The van der Waals surface area contributed by atoms with Crippen LogP contribution >= 0.6 is 0 Å². The van der Waals surface area contributed by atoms with E-state index in [1.807, 2.05) is 25.1 Å². The van der Waals surface area contributed by atoms with Gasteiger partial charge in [0.15, 0.2) is 11.6 Å². The Kier molecular flexibility index (Phi) is 4.59. The number of benzene rings is 2. The van der Waals surface area contributed by atoms with Gasteiger partial charge < -0.3 is 20.2 Å². The maximum absolute atomic E-state index is 14.1. The first-order chi connectivity index (χ1) is 13.6. The van der Waals surface area contributed by atoms with Crippen LogP contribution in [0.25, 0.3) is 11.5 Å². The number of aromatic nitrogens is 3. The van der Waals surface area contributed by atoms with Gasteiger partial charge in [-0.15, -0.1) is 0 Å². The van der Waals surface area contributed by atoms with Crippen molar-refractivity contribution in [2.45, 2.75) is 6.92 Å². The molecule has 0 spiro atoms. The van der Waals surface area contributed by atoms with Crippen LogP contribution in [0, 0.1) is 12.7 Å². The zero-order valence-electron chi connectivity index (χ0n) is 14.8. The standard InChI is InChI=1S/C20H16FN5O2/c1-12-5-6-14(10-16(12)19-22-7-8-28-19)25-20-23-11-17(21)18(26-20)24-13-3-2-4-15(27)9-13/h2-11,27H,1H3,(H2,23,24,25,26). The fourth-order valence-electron chi connectivity index (χ4n) is 2.65. The van der Waals surface area contributed by atoms with E-state index in [2.05, 4.69) is 25.6 Å². The van der Waals surface area contributed by atoms with Crippen LogP contribution < -0.4 is 10.6 Å². The van der Waals surface area contributed by atoms with Crippen molar-refractivity contribution in [2.75, 3.05) is 10.6 Å². The monoisotopic (exact) mass is 377 g/mol. The molecule has 0 fully saturated rings. The maximum Gasteiger partial charge on any atom is 0.229 e. The fourth-order valence-corrected chi connectivity index (χ4v) is 2.65. The van der Waals surface area contributed by atoms with E-state index in [0.29, 0.717) is 17.3 Å². The van der Waals surface area contributed by atoms with E-state index in [1.165, 1.54) is 18.4 Å². The van der Waals surface area contributed by atoms with Crippen molar-refractivity contribution in [3.63, 3.8) is 0 Å². The number of aromatic hydroxyl groups is 1. The molecule has 8 heteroatoms. The Labute approximate surface area is 159 Å². The highest BCUT2D eigenvalue weighted by molar-refractivity contribution is 5.68. The summed E-state index contributed by atoms with van der Waals surface area (Å²) < 4.78 is 19.5. The molecule has 0 aliphatic heterocycles. The largest absolute Gasteiger partial charge is 0.508 e. The average Bonchev–Trinajstić information content (AvgIpc) is 3.21. The molecule has 0 atom stereocenters. The molecule has 2 aromatic heterocycles. The van der Waals surface area contributed by atoms with E-state index in [1.54, 1.807) is 18.3 Å². The van der Waals surface area contributed by atoms with E-state index in [-0.39, 0.29) is 17.5 Å². The second-order valence-corrected chi connectivity index (χ2v) is 6.06. The van der Waals surface area contributed by atoms with Crippen LogP contribution in [0.4, 0.5) is 27.5 Å². The van der Waals surface area contributed by atoms with E-state index < -0.39 is 5.82 Å². The van der Waals surface area contributed by atoms with Gasteiger partial charge in [0.05, 0.1) is 12.4 Å². The Morgan fingerprint density at radius 2 is 1.89 bits per heavy atom. The van der Waals surface area contributed by atoms with E-state index >= 15 is 0 Å². The van der Waals surface area contributed by atoms with Crippen LogP contribution in [0.3, 0.4) is 0 Å². The zero-order chi connectivity index (χ0) is 19.5. The zero-order valence-corrected chi connectivity index (χ0v) is 14.8. The normalized spacial score (nSPS) is 10.6. The second-order valence-electron chi connectivity index (χ2n) is 6.06. The van der Waals surface area contributed by atoms with Crippen molar-refractivity contribution >= 4 is 23.1 Å². The highest BCUT2D eigenvalue weighted by atomic mass is 19.1. The number of anilines is 4. The lowest BCUT2D eigenvalue weighted by atomic mass is 10.1. The molecule has 0 saturated carbocycles. The third-order valence-corrected chi connectivity index (χ3v) is 4.01. The maximum atomic E-state index is 14.1. The Hall–Kier alpha value is -3.94. The fraction of sp³-hybridized carbons (Fsp3) is 0.0500. The molecular weight excluding hydrogens is 361 g/mol. The van der Waals surface area contributed by atoms with Gasteiger partial charge in [-0.1, -0.05) is 12.1 Å². The number of nitrogens with one attached hydrogen (secondary N) is 2. The summed E-state index contributed by atoms with van der Waals surface area (Å²) in [7, 11) is 0. The molecule has 4 aromatic rings. The van der Waals surface area contributed by atoms with Crippen molar-refractivity contribution in [3.05, 3.63) is 72.5 Å². The Bertz CT molecular complexity index is 1120. The summed E-state index contributed by atoms with van der Waals surface area (Å²) in [6.45, 7) is 1.95. The van der Waals surface area contributed by atoms with Gasteiger partial charge in [0.2, 0.25) is 11.8 Å². The first-order valence-electron chi connectivity index (χ1n) is 8.44. The molecule has 7 nitrogen and oxygen atoms in total. The third kappa shape index (κ3) is 3.75. The molecule has 0 saturated heterocycles. The van der Waals surface area contributed by atoms with E-state index in [9.17, 15) is 9.50 Å². The molecule has 28 heavy (non-hydrogen) atoms. The molecule has 140 valence electrons. The Morgan fingerprint density at radius 1 is 1.04 bits per heavy atom. The van der Waals surface area contributed by atoms with Gasteiger partial charge in [-0.25, -0.2) is 14.4 Å². The van der Waals surface area contributed by atoms with Gasteiger partial charge in [-0.2, -0.15) is 4.98 Å². The lowest BCUT2D eigenvalue weighted by Gasteiger charge is -2.11. The van der Waals surface area contributed by atoms with Crippen molar-refractivity contribution in [1.82, 2.24) is 15.0 Å². The molecule has 0 unspecified atom stereocenters. The van der Waals surface area contributed by atoms with Crippen LogP contribution in [0.2, 0.25) is 0 Å². The first kappa shape index (κ1) is 17.5. The number of hydrogen-bond acceptors (Lipinski definition) is 7. The Morgan fingerprint density at radius 3 is 2.68 bits per heavy atom. The summed E-state index contributed by atoms with van der Waals surface area (Å²) in [5, 5.41) is 15.4. The minimum absolute atomic E-state index is 0.0110. The van der Waals surface area contributed by atoms with Crippen molar-refractivity contribution in [1.29, 1.82) is 0 Å². The highest BCUT2D eigenvalue weighted by Gasteiger charge is 2.11. The van der Waals surface area contributed by atoms with Gasteiger partial charge >= 0.3 is 0 Å². The number of halogens is 1. The summed E-state index contributed by atoms with van der Waals surface area (Å²) >= 11 is 0. The number of nitrogens with zero attached hydrogens (tertiary/aromatic N) is 3. The SMILES string of the molecule is Cc1ccc(Nc2ncc(F)c(Nc3cccc(O)c3)n2)cc1-c1ncco1. The molecule has 0 aliphatic rings. The molecule has 2 aromatic carbocycles. The highest BCUT2D eigenvalue weighted by Crippen LogP contribution is 2.27. The van der Waals surface area contributed by atoms with Crippen LogP contribution in [-0.2, 0) is 0 Å². The smallest absolute Gasteiger partial charge is 0.229 e. The molecule has 0 radical (unpaired) electrons. The molecular formula is C20H16FN5O2. The molecule has 4 rings (SSSR count). The lowest BCUT2D eigenvalue weighted by molar-refractivity contribution is 0.475. The number of phenols is 1. The Balaban J connectivity index is 1.60. The average molecular weight is 377 g/mol. The molecule has 3 N–H and O–H groups in total. The van der Waals surface area contributed by atoms with E-state index in [4.69, 9.17) is 4.42 Å². The minimum Gasteiger partial charge on any atom is -0.508 e. The van der Waals surface area contributed by atoms with Crippen LogP contribution in [0.15, 0.2) is 65.5 Å². The number of aryl methyl sites for hydroxylation is 1. The number of oxazole rings is 1. The second kappa shape index (κ2) is 7.36. The lowest BCUT2D eigenvalue weighted by Crippen LogP contribution is -2.03. The molecule has 0 aliphatic carbocycles. The topological polar surface area (TPSA) is 96.1 Å². The third-order valence-electron chi connectivity index (χ3n) is 4.01. The molecule has 0 amide bonds. The summed E-state index contributed by atoms with van der Waals surface area (Å²) in [5.74, 6) is 0.164. The van der Waals surface area contributed by atoms with Gasteiger partial charge in [-0.3, -0.25) is 0 Å². The number of phenolic OH excluding ortho intramolecular Hbond substituents is 1. The summed E-state index contributed by atoms with van der Waals surface area (Å²) in [6.07, 6.45) is 4.16.